The zero-order valence-corrected chi connectivity index (χ0v) is 17.5. The highest BCUT2D eigenvalue weighted by Crippen LogP contribution is 2.15. The van der Waals surface area contributed by atoms with Crippen LogP contribution in [-0.4, -0.2) is 30.5 Å². The van der Waals surface area contributed by atoms with Gasteiger partial charge >= 0.3 is 11.8 Å². The molecule has 3 rings (SSSR count). The molecule has 0 fully saturated rings. The number of ether oxygens (including phenoxy) is 1. The van der Waals surface area contributed by atoms with Crippen molar-refractivity contribution in [1.29, 1.82) is 0 Å². The first-order valence-electron chi connectivity index (χ1n) is 9.47. The number of para-hydroxylation sites is 1. The quantitative estimate of drug-likeness (QED) is 0.291. The second kappa shape index (κ2) is 11.3. The van der Waals surface area contributed by atoms with E-state index in [1.165, 1.54) is 12.3 Å². The van der Waals surface area contributed by atoms with Gasteiger partial charge in [-0.25, -0.2) is 5.43 Å². The molecule has 0 unspecified atom stereocenters. The molecule has 0 radical (unpaired) electrons. The third kappa shape index (κ3) is 7.26. The minimum atomic E-state index is -0.939. The van der Waals surface area contributed by atoms with Crippen molar-refractivity contribution in [3.8, 4) is 5.75 Å². The number of hydrogen-bond donors (Lipinski definition) is 3. The standard InChI is InChI=1S/C23H19ClN4O4/c24-17-7-5-10-19(13-17)27-22(30)23(31)28-25-14-16-6-4-11-20(12-16)32-15-21(29)26-18-8-2-1-3-9-18/h1-14H,15H2,(H,26,29)(H,27,30)(H,28,31)/b25-14-. The smallest absolute Gasteiger partial charge is 0.329 e. The van der Waals surface area contributed by atoms with Crippen molar-refractivity contribution in [2.45, 2.75) is 0 Å². The lowest BCUT2D eigenvalue weighted by molar-refractivity contribution is -0.136. The first-order chi connectivity index (χ1) is 15.5. The molecular formula is C23H19ClN4O4. The summed E-state index contributed by atoms with van der Waals surface area (Å²) in [5.74, 6) is -1.67. The van der Waals surface area contributed by atoms with E-state index < -0.39 is 11.8 Å². The molecule has 32 heavy (non-hydrogen) atoms. The predicted octanol–water partition coefficient (Wildman–Crippen LogP) is 3.45. The molecule has 162 valence electrons. The average molecular weight is 451 g/mol. The van der Waals surface area contributed by atoms with Crippen LogP contribution in [0.25, 0.3) is 0 Å². The fourth-order valence-corrected chi connectivity index (χ4v) is 2.71. The first kappa shape index (κ1) is 22.5. The minimum Gasteiger partial charge on any atom is -0.484 e. The summed E-state index contributed by atoms with van der Waals surface area (Å²) in [4.78, 5) is 35.8. The zero-order chi connectivity index (χ0) is 22.8. The Labute approximate surface area is 189 Å². The molecule has 3 amide bonds. The van der Waals surface area contributed by atoms with Crippen LogP contribution in [0.15, 0.2) is 84.0 Å². The summed E-state index contributed by atoms with van der Waals surface area (Å²) >= 11 is 5.84. The van der Waals surface area contributed by atoms with Crippen LogP contribution in [0.3, 0.4) is 0 Å². The van der Waals surface area contributed by atoms with Gasteiger partial charge in [-0.1, -0.05) is 48.0 Å². The zero-order valence-electron chi connectivity index (χ0n) is 16.7. The van der Waals surface area contributed by atoms with E-state index in [0.29, 0.717) is 27.7 Å². The van der Waals surface area contributed by atoms with E-state index in [2.05, 4.69) is 21.2 Å². The van der Waals surface area contributed by atoms with Crippen molar-refractivity contribution in [2.75, 3.05) is 17.2 Å². The molecule has 8 nitrogen and oxygen atoms in total. The third-order valence-electron chi connectivity index (χ3n) is 3.95. The number of rotatable bonds is 7. The molecule has 3 N–H and O–H groups in total. The van der Waals surface area contributed by atoms with Crippen LogP contribution in [0.2, 0.25) is 5.02 Å². The summed E-state index contributed by atoms with van der Waals surface area (Å²) < 4.78 is 5.49. The van der Waals surface area contributed by atoms with Crippen LogP contribution < -0.4 is 20.8 Å². The van der Waals surface area contributed by atoms with Crippen molar-refractivity contribution in [2.24, 2.45) is 5.10 Å². The molecule has 0 saturated heterocycles. The molecule has 3 aromatic rings. The molecule has 0 saturated carbocycles. The molecule has 9 heteroatoms. The van der Waals surface area contributed by atoms with Crippen LogP contribution in [0, 0.1) is 0 Å². The summed E-state index contributed by atoms with van der Waals surface area (Å²) in [6.45, 7) is -0.171. The Bertz CT molecular complexity index is 1140. The number of amides is 3. The summed E-state index contributed by atoms with van der Waals surface area (Å²) in [6.07, 6.45) is 1.35. The Morgan fingerprint density at radius 2 is 1.59 bits per heavy atom. The number of benzene rings is 3. The van der Waals surface area contributed by atoms with Crippen LogP contribution in [0.4, 0.5) is 11.4 Å². The fraction of sp³-hybridized carbons (Fsp3) is 0.0435. The number of carbonyl (C=O) groups excluding carboxylic acids is 3. The van der Waals surface area contributed by atoms with E-state index in [-0.39, 0.29) is 12.5 Å². The van der Waals surface area contributed by atoms with Crippen molar-refractivity contribution in [3.05, 3.63) is 89.4 Å². The van der Waals surface area contributed by atoms with Crippen molar-refractivity contribution in [3.63, 3.8) is 0 Å². The topological polar surface area (TPSA) is 109 Å². The SMILES string of the molecule is O=C(COc1cccc(/C=N\NC(=O)C(=O)Nc2cccc(Cl)c2)c1)Nc1ccccc1. The molecule has 0 aliphatic carbocycles. The second-order valence-corrected chi connectivity index (χ2v) is 6.88. The van der Waals surface area contributed by atoms with Gasteiger partial charge < -0.3 is 15.4 Å². The minimum absolute atomic E-state index is 0.171. The number of hydrazone groups is 1. The Kier molecular flexibility index (Phi) is 7.94. The number of halogens is 1. The molecule has 0 heterocycles. The highest BCUT2D eigenvalue weighted by atomic mass is 35.5. The van der Waals surface area contributed by atoms with Crippen molar-refractivity contribution >= 4 is 46.9 Å². The van der Waals surface area contributed by atoms with Gasteiger partial charge in [0.25, 0.3) is 5.91 Å². The molecule has 0 spiro atoms. The monoisotopic (exact) mass is 450 g/mol. The second-order valence-electron chi connectivity index (χ2n) is 6.44. The fourth-order valence-electron chi connectivity index (χ4n) is 2.52. The van der Waals surface area contributed by atoms with Gasteiger partial charge in [-0.3, -0.25) is 14.4 Å². The Morgan fingerprint density at radius 1 is 0.844 bits per heavy atom. The van der Waals surface area contributed by atoms with Crippen LogP contribution >= 0.6 is 11.6 Å². The lowest BCUT2D eigenvalue weighted by atomic mass is 10.2. The summed E-state index contributed by atoms with van der Waals surface area (Å²) in [5, 5.41) is 9.34. The number of nitrogens with zero attached hydrogens (tertiary/aromatic N) is 1. The lowest BCUT2D eigenvalue weighted by Gasteiger charge is -2.08. The Morgan fingerprint density at radius 3 is 2.38 bits per heavy atom. The highest BCUT2D eigenvalue weighted by molar-refractivity contribution is 6.39. The number of nitrogens with one attached hydrogen (secondary N) is 3. The predicted molar refractivity (Wildman–Crippen MR) is 123 cm³/mol. The normalized spacial score (nSPS) is 10.4. The van der Waals surface area contributed by atoms with Gasteiger partial charge in [-0.05, 0) is 48.0 Å². The summed E-state index contributed by atoms with van der Waals surface area (Å²) in [7, 11) is 0. The van der Waals surface area contributed by atoms with E-state index in [1.54, 1.807) is 54.6 Å². The van der Waals surface area contributed by atoms with Gasteiger partial charge in [-0.2, -0.15) is 5.10 Å². The van der Waals surface area contributed by atoms with Crippen molar-refractivity contribution in [1.82, 2.24) is 5.43 Å². The molecule has 3 aromatic carbocycles. The van der Waals surface area contributed by atoms with Gasteiger partial charge in [0, 0.05) is 16.4 Å². The number of hydrogen-bond acceptors (Lipinski definition) is 5. The molecular weight excluding hydrogens is 432 g/mol. The third-order valence-corrected chi connectivity index (χ3v) is 4.19. The van der Waals surface area contributed by atoms with E-state index >= 15 is 0 Å². The number of anilines is 2. The average Bonchev–Trinajstić information content (AvgIpc) is 2.78. The van der Waals surface area contributed by atoms with E-state index in [9.17, 15) is 14.4 Å². The van der Waals surface area contributed by atoms with E-state index in [4.69, 9.17) is 16.3 Å². The maximum atomic E-state index is 12.0. The highest BCUT2D eigenvalue weighted by Gasteiger charge is 2.12. The molecule has 0 aliphatic heterocycles. The van der Waals surface area contributed by atoms with Gasteiger partial charge in [-0.15, -0.1) is 0 Å². The van der Waals surface area contributed by atoms with Gasteiger partial charge in [0.1, 0.15) is 5.75 Å². The van der Waals surface area contributed by atoms with E-state index in [0.717, 1.165) is 0 Å². The summed E-state index contributed by atoms with van der Waals surface area (Å²) in [6, 6.07) is 22.2. The molecule has 0 aromatic heterocycles. The molecule has 0 bridgehead atoms. The summed E-state index contributed by atoms with van der Waals surface area (Å²) in [5.41, 5.74) is 3.81. The maximum absolute atomic E-state index is 12.0. The van der Waals surface area contributed by atoms with Crippen LogP contribution in [0.5, 0.6) is 5.75 Å². The molecule has 0 aliphatic rings. The maximum Gasteiger partial charge on any atom is 0.329 e. The van der Waals surface area contributed by atoms with E-state index in [1.807, 2.05) is 18.2 Å². The largest absolute Gasteiger partial charge is 0.484 e. The Hall–Kier alpha value is -4.17. The number of carbonyl (C=O) groups is 3. The Balaban J connectivity index is 1.47. The van der Waals surface area contributed by atoms with Crippen LogP contribution in [-0.2, 0) is 14.4 Å². The van der Waals surface area contributed by atoms with Crippen molar-refractivity contribution < 1.29 is 19.1 Å². The van der Waals surface area contributed by atoms with Gasteiger partial charge in [0.15, 0.2) is 6.61 Å². The molecule has 0 atom stereocenters. The van der Waals surface area contributed by atoms with Gasteiger partial charge in [0.05, 0.1) is 6.21 Å². The lowest BCUT2D eigenvalue weighted by Crippen LogP contribution is -2.32. The first-order valence-corrected chi connectivity index (χ1v) is 9.85. The van der Waals surface area contributed by atoms with Gasteiger partial charge in [0.2, 0.25) is 0 Å². The van der Waals surface area contributed by atoms with Crippen LogP contribution in [0.1, 0.15) is 5.56 Å².